The van der Waals surface area contributed by atoms with Gasteiger partial charge >= 0.3 is 0 Å². The Kier molecular flexibility index (Phi) is 5.49. The molecular weight excluding hydrogens is 290 g/mol. The summed E-state index contributed by atoms with van der Waals surface area (Å²) in [7, 11) is -1.85. The maximum absolute atomic E-state index is 12.1. The van der Waals surface area contributed by atoms with Gasteiger partial charge in [0.1, 0.15) is 4.90 Å². The molecule has 1 aromatic rings. The zero-order chi connectivity index (χ0) is 15.3. The summed E-state index contributed by atoms with van der Waals surface area (Å²) >= 11 is 0. The highest BCUT2D eigenvalue weighted by Gasteiger charge is 2.19. The highest BCUT2D eigenvalue weighted by atomic mass is 32.2. The first-order chi connectivity index (χ1) is 10.0. The van der Waals surface area contributed by atoms with Gasteiger partial charge < -0.3 is 10.2 Å². The lowest BCUT2D eigenvalue weighted by Crippen LogP contribution is -2.34. The van der Waals surface area contributed by atoms with Crippen LogP contribution in [0.2, 0.25) is 0 Å². The predicted molar refractivity (Wildman–Crippen MR) is 81.6 cm³/mol. The average Bonchev–Trinajstić information content (AvgIpc) is 2.98. The zero-order valence-corrected chi connectivity index (χ0v) is 13.4. The van der Waals surface area contributed by atoms with Crippen molar-refractivity contribution in [1.29, 1.82) is 0 Å². The summed E-state index contributed by atoms with van der Waals surface area (Å²) in [5, 5.41) is 2.75. The zero-order valence-electron chi connectivity index (χ0n) is 12.5. The summed E-state index contributed by atoms with van der Waals surface area (Å²) in [5.74, 6) is 0.673. The second-order valence-electron chi connectivity index (χ2n) is 5.46. The molecule has 8 heteroatoms. The maximum atomic E-state index is 12.1. The molecule has 1 atom stereocenters. The Labute approximate surface area is 126 Å². The molecule has 21 heavy (non-hydrogen) atoms. The van der Waals surface area contributed by atoms with E-state index in [0.29, 0.717) is 12.5 Å². The molecule has 7 nitrogen and oxygen atoms in total. The number of rotatable bonds is 7. The number of hydrogen-bond acceptors (Lipinski definition) is 6. The van der Waals surface area contributed by atoms with E-state index in [1.807, 2.05) is 0 Å². The van der Waals surface area contributed by atoms with E-state index in [4.69, 9.17) is 0 Å². The van der Waals surface area contributed by atoms with Gasteiger partial charge in [0.2, 0.25) is 16.0 Å². The van der Waals surface area contributed by atoms with Crippen molar-refractivity contribution >= 4 is 16.0 Å². The maximum Gasteiger partial charge on any atom is 0.243 e. The Morgan fingerprint density at radius 1 is 1.29 bits per heavy atom. The first-order valence-corrected chi connectivity index (χ1v) is 8.71. The average molecular weight is 313 g/mol. The van der Waals surface area contributed by atoms with Crippen LogP contribution >= 0.6 is 0 Å². The van der Waals surface area contributed by atoms with Gasteiger partial charge in [-0.05, 0) is 31.8 Å². The van der Waals surface area contributed by atoms with Crippen LogP contribution in [0.25, 0.3) is 0 Å². The molecule has 1 aliphatic heterocycles. The fourth-order valence-corrected chi connectivity index (χ4v) is 3.44. The van der Waals surface area contributed by atoms with Crippen LogP contribution in [0.15, 0.2) is 17.3 Å². The first-order valence-electron chi connectivity index (χ1n) is 7.23. The third-order valence-corrected chi connectivity index (χ3v) is 4.93. The third-order valence-electron chi connectivity index (χ3n) is 3.55. The highest BCUT2D eigenvalue weighted by molar-refractivity contribution is 7.89. The van der Waals surface area contributed by atoms with Crippen molar-refractivity contribution in [2.24, 2.45) is 5.92 Å². The van der Waals surface area contributed by atoms with Gasteiger partial charge in [-0.15, -0.1) is 0 Å². The van der Waals surface area contributed by atoms with Gasteiger partial charge in [0.15, 0.2) is 0 Å². The summed E-state index contributed by atoms with van der Waals surface area (Å²) < 4.78 is 26.9. The summed E-state index contributed by atoms with van der Waals surface area (Å²) in [6.07, 6.45) is 5.11. The Bertz CT molecular complexity index is 540. The molecule has 0 amide bonds. The summed E-state index contributed by atoms with van der Waals surface area (Å²) in [6, 6.07) is 0. The van der Waals surface area contributed by atoms with Crippen molar-refractivity contribution in [3.63, 3.8) is 0 Å². The van der Waals surface area contributed by atoms with Crippen molar-refractivity contribution in [1.82, 2.24) is 19.6 Å². The second-order valence-corrected chi connectivity index (χ2v) is 7.22. The topological polar surface area (TPSA) is 87.2 Å². The normalized spacial score (nSPS) is 17.8. The van der Waals surface area contributed by atoms with E-state index in [2.05, 4.69) is 31.8 Å². The molecule has 1 aliphatic rings. The quantitative estimate of drug-likeness (QED) is 0.763. The number of anilines is 1. The minimum atomic E-state index is -3.54. The fourth-order valence-electron chi connectivity index (χ4n) is 2.39. The van der Waals surface area contributed by atoms with Crippen LogP contribution in [-0.4, -0.2) is 56.5 Å². The van der Waals surface area contributed by atoms with Crippen LogP contribution in [0.1, 0.15) is 19.8 Å². The molecule has 0 saturated carbocycles. The molecule has 0 bridgehead atoms. The van der Waals surface area contributed by atoms with Gasteiger partial charge in [-0.1, -0.05) is 6.92 Å². The van der Waals surface area contributed by atoms with E-state index in [1.54, 1.807) is 7.05 Å². The monoisotopic (exact) mass is 313 g/mol. The first kappa shape index (κ1) is 16.1. The Hall–Kier alpha value is -1.25. The molecule has 1 aromatic heterocycles. The van der Waals surface area contributed by atoms with E-state index >= 15 is 0 Å². The van der Waals surface area contributed by atoms with Gasteiger partial charge in [-0.2, -0.15) is 0 Å². The Morgan fingerprint density at radius 3 is 2.48 bits per heavy atom. The standard InChI is InChI=1S/C13H23N5O2S/c1-11(10-18-5-3-4-6-18)7-17-21(19,20)12-8-15-13(14-2)16-9-12/h8-9,11,17H,3-7,10H2,1-2H3,(H,14,15,16). The number of hydrogen-bond donors (Lipinski definition) is 2. The highest BCUT2D eigenvalue weighted by Crippen LogP contribution is 2.11. The molecule has 0 spiro atoms. The molecular formula is C13H23N5O2S. The lowest BCUT2D eigenvalue weighted by molar-refractivity contribution is 0.288. The van der Waals surface area contributed by atoms with Gasteiger partial charge in [-0.25, -0.2) is 23.1 Å². The van der Waals surface area contributed by atoms with Crippen molar-refractivity contribution in [3.05, 3.63) is 12.4 Å². The number of sulfonamides is 1. The molecule has 2 rings (SSSR count). The Balaban J connectivity index is 1.87. The minimum Gasteiger partial charge on any atom is -0.357 e. The van der Waals surface area contributed by atoms with E-state index in [1.165, 1.54) is 25.2 Å². The number of nitrogens with zero attached hydrogens (tertiary/aromatic N) is 3. The number of aromatic nitrogens is 2. The van der Waals surface area contributed by atoms with E-state index in [-0.39, 0.29) is 10.8 Å². The van der Waals surface area contributed by atoms with Crippen LogP contribution in [0.3, 0.4) is 0 Å². The minimum absolute atomic E-state index is 0.0925. The van der Waals surface area contributed by atoms with Crippen molar-refractivity contribution in [2.45, 2.75) is 24.7 Å². The molecule has 0 aliphatic carbocycles. The molecule has 1 saturated heterocycles. The largest absolute Gasteiger partial charge is 0.357 e. The van der Waals surface area contributed by atoms with Crippen LogP contribution in [0, 0.1) is 5.92 Å². The molecule has 1 fully saturated rings. The third kappa shape index (κ3) is 4.62. The molecule has 1 unspecified atom stereocenters. The predicted octanol–water partition coefficient (Wildman–Crippen LogP) is 0.529. The molecule has 0 radical (unpaired) electrons. The van der Waals surface area contributed by atoms with Gasteiger partial charge in [0, 0.05) is 20.1 Å². The van der Waals surface area contributed by atoms with Gasteiger partial charge in [-0.3, -0.25) is 0 Å². The van der Waals surface area contributed by atoms with Crippen LogP contribution in [0.5, 0.6) is 0 Å². The summed E-state index contributed by atoms with van der Waals surface area (Å²) in [6.45, 7) is 5.65. The molecule has 2 N–H and O–H groups in total. The molecule has 2 heterocycles. The molecule has 0 aromatic carbocycles. The molecule has 118 valence electrons. The van der Waals surface area contributed by atoms with E-state index < -0.39 is 10.0 Å². The van der Waals surface area contributed by atoms with Crippen molar-refractivity contribution in [2.75, 3.05) is 38.5 Å². The second kappa shape index (κ2) is 7.15. The van der Waals surface area contributed by atoms with Crippen LogP contribution in [-0.2, 0) is 10.0 Å². The summed E-state index contributed by atoms with van der Waals surface area (Å²) in [5.41, 5.74) is 0. The van der Waals surface area contributed by atoms with Crippen molar-refractivity contribution < 1.29 is 8.42 Å². The fraction of sp³-hybridized carbons (Fsp3) is 0.692. The van der Waals surface area contributed by atoms with E-state index in [0.717, 1.165) is 19.6 Å². The van der Waals surface area contributed by atoms with Crippen LogP contribution < -0.4 is 10.0 Å². The number of likely N-dealkylation sites (tertiary alicyclic amines) is 1. The smallest absolute Gasteiger partial charge is 0.243 e. The van der Waals surface area contributed by atoms with Crippen molar-refractivity contribution in [3.8, 4) is 0 Å². The Morgan fingerprint density at radius 2 is 1.90 bits per heavy atom. The summed E-state index contributed by atoms with van der Waals surface area (Å²) in [4.78, 5) is 10.3. The van der Waals surface area contributed by atoms with Gasteiger partial charge in [0.05, 0.1) is 12.4 Å². The lowest BCUT2D eigenvalue weighted by Gasteiger charge is -2.20. The van der Waals surface area contributed by atoms with Gasteiger partial charge in [0.25, 0.3) is 0 Å². The van der Waals surface area contributed by atoms with E-state index in [9.17, 15) is 8.42 Å². The number of nitrogens with one attached hydrogen (secondary N) is 2. The lowest BCUT2D eigenvalue weighted by atomic mass is 10.2. The van der Waals surface area contributed by atoms with Crippen LogP contribution in [0.4, 0.5) is 5.95 Å². The SMILES string of the molecule is CNc1ncc(S(=O)(=O)NCC(C)CN2CCCC2)cn1.